The SMILES string of the molecule is CCCc1cc(OC)c(-c2ccccc2)o1. The van der Waals surface area contributed by atoms with Crippen LogP contribution in [0.15, 0.2) is 40.8 Å². The van der Waals surface area contributed by atoms with Gasteiger partial charge in [-0.1, -0.05) is 37.3 Å². The van der Waals surface area contributed by atoms with Gasteiger partial charge in [0.2, 0.25) is 0 Å². The molecule has 84 valence electrons. The van der Waals surface area contributed by atoms with Crippen LogP contribution in [0.2, 0.25) is 0 Å². The van der Waals surface area contributed by atoms with Crippen molar-refractivity contribution >= 4 is 0 Å². The second kappa shape index (κ2) is 4.88. The van der Waals surface area contributed by atoms with Gasteiger partial charge < -0.3 is 9.15 Å². The Kier molecular flexibility index (Phi) is 3.30. The number of aryl methyl sites for hydroxylation is 1. The number of ether oxygens (including phenoxy) is 1. The standard InChI is InChI=1S/C14H16O2/c1-3-7-12-10-13(15-2)14(16-12)11-8-5-4-6-9-11/h4-6,8-10H,3,7H2,1-2H3. The van der Waals surface area contributed by atoms with Gasteiger partial charge in [-0.2, -0.15) is 0 Å². The number of rotatable bonds is 4. The van der Waals surface area contributed by atoms with E-state index in [9.17, 15) is 0 Å². The lowest BCUT2D eigenvalue weighted by Gasteiger charge is -2.00. The summed E-state index contributed by atoms with van der Waals surface area (Å²) in [6.45, 7) is 2.14. The van der Waals surface area contributed by atoms with Crippen molar-refractivity contribution in [3.63, 3.8) is 0 Å². The normalized spacial score (nSPS) is 10.4. The van der Waals surface area contributed by atoms with Gasteiger partial charge in [-0.25, -0.2) is 0 Å². The van der Waals surface area contributed by atoms with Crippen molar-refractivity contribution in [2.45, 2.75) is 19.8 Å². The van der Waals surface area contributed by atoms with Gasteiger partial charge in [0.05, 0.1) is 7.11 Å². The summed E-state index contributed by atoms with van der Waals surface area (Å²) in [4.78, 5) is 0. The molecule has 1 aromatic carbocycles. The highest BCUT2D eigenvalue weighted by atomic mass is 16.5. The first-order valence-corrected chi connectivity index (χ1v) is 5.57. The quantitative estimate of drug-likeness (QED) is 0.773. The Morgan fingerprint density at radius 1 is 1.19 bits per heavy atom. The highest BCUT2D eigenvalue weighted by Crippen LogP contribution is 2.33. The molecule has 0 saturated carbocycles. The molecule has 2 heteroatoms. The van der Waals surface area contributed by atoms with Crippen molar-refractivity contribution in [2.24, 2.45) is 0 Å². The van der Waals surface area contributed by atoms with E-state index in [-0.39, 0.29) is 0 Å². The maximum Gasteiger partial charge on any atom is 0.176 e. The Bertz CT molecular complexity index is 443. The van der Waals surface area contributed by atoms with E-state index in [4.69, 9.17) is 9.15 Å². The molecule has 0 radical (unpaired) electrons. The van der Waals surface area contributed by atoms with E-state index in [2.05, 4.69) is 6.92 Å². The van der Waals surface area contributed by atoms with Crippen LogP contribution in [-0.2, 0) is 6.42 Å². The van der Waals surface area contributed by atoms with E-state index in [1.54, 1.807) is 7.11 Å². The van der Waals surface area contributed by atoms with E-state index in [1.807, 2.05) is 36.4 Å². The molecule has 1 heterocycles. The maximum absolute atomic E-state index is 5.81. The average molecular weight is 216 g/mol. The maximum atomic E-state index is 5.81. The molecule has 1 aromatic heterocycles. The Morgan fingerprint density at radius 3 is 2.56 bits per heavy atom. The molecule has 0 aliphatic carbocycles. The summed E-state index contributed by atoms with van der Waals surface area (Å²) in [5, 5.41) is 0. The van der Waals surface area contributed by atoms with Gasteiger partial charge in [-0.3, -0.25) is 0 Å². The van der Waals surface area contributed by atoms with Gasteiger partial charge in [-0.15, -0.1) is 0 Å². The molecule has 0 aliphatic rings. The van der Waals surface area contributed by atoms with E-state index < -0.39 is 0 Å². The molecule has 0 spiro atoms. The molecule has 0 saturated heterocycles. The summed E-state index contributed by atoms with van der Waals surface area (Å²) in [6.07, 6.45) is 2.02. The van der Waals surface area contributed by atoms with Crippen LogP contribution in [0, 0.1) is 0 Å². The summed E-state index contributed by atoms with van der Waals surface area (Å²) >= 11 is 0. The number of methoxy groups -OCH3 is 1. The smallest absolute Gasteiger partial charge is 0.176 e. The van der Waals surface area contributed by atoms with Gasteiger partial charge in [0.1, 0.15) is 5.76 Å². The Hall–Kier alpha value is -1.70. The van der Waals surface area contributed by atoms with E-state index >= 15 is 0 Å². The topological polar surface area (TPSA) is 22.4 Å². The van der Waals surface area contributed by atoms with E-state index in [1.165, 1.54) is 0 Å². The van der Waals surface area contributed by atoms with Gasteiger partial charge in [-0.05, 0) is 6.42 Å². The molecule has 0 unspecified atom stereocenters. The highest BCUT2D eigenvalue weighted by molar-refractivity contribution is 5.65. The molecule has 2 nitrogen and oxygen atoms in total. The van der Waals surface area contributed by atoms with Crippen molar-refractivity contribution in [3.8, 4) is 17.1 Å². The van der Waals surface area contributed by atoms with Gasteiger partial charge in [0.25, 0.3) is 0 Å². The molecule has 0 N–H and O–H groups in total. The summed E-state index contributed by atoms with van der Waals surface area (Å²) < 4.78 is 11.1. The fourth-order valence-electron chi connectivity index (χ4n) is 1.73. The molecule has 2 rings (SSSR count). The monoisotopic (exact) mass is 216 g/mol. The first kappa shape index (κ1) is 10.8. The minimum Gasteiger partial charge on any atom is -0.493 e. The largest absolute Gasteiger partial charge is 0.493 e. The summed E-state index contributed by atoms with van der Waals surface area (Å²) in [5.41, 5.74) is 1.06. The predicted molar refractivity (Wildman–Crippen MR) is 64.7 cm³/mol. The second-order valence-corrected chi connectivity index (χ2v) is 3.73. The van der Waals surface area contributed by atoms with Crippen LogP contribution in [0.4, 0.5) is 0 Å². The highest BCUT2D eigenvalue weighted by Gasteiger charge is 2.12. The summed E-state index contributed by atoms with van der Waals surface area (Å²) in [7, 11) is 1.67. The van der Waals surface area contributed by atoms with Crippen molar-refractivity contribution < 1.29 is 9.15 Å². The van der Waals surface area contributed by atoms with Crippen molar-refractivity contribution in [3.05, 3.63) is 42.2 Å². The molecule has 0 bridgehead atoms. The van der Waals surface area contributed by atoms with Gasteiger partial charge in [0, 0.05) is 18.1 Å². The van der Waals surface area contributed by atoms with Gasteiger partial charge >= 0.3 is 0 Å². The van der Waals surface area contributed by atoms with E-state index in [0.717, 1.165) is 35.7 Å². The molecule has 0 amide bonds. The number of hydrogen-bond acceptors (Lipinski definition) is 2. The van der Waals surface area contributed by atoms with E-state index in [0.29, 0.717) is 0 Å². The van der Waals surface area contributed by atoms with Crippen LogP contribution in [0.1, 0.15) is 19.1 Å². The molecular formula is C14H16O2. The first-order valence-electron chi connectivity index (χ1n) is 5.57. The lowest BCUT2D eigenvalue weighted by Crippen LogP contribution is -1.82. The van der Waals surface area contributed by atoms with Crippen LogP contribution in [0.3, 0.4) is 0 Å². The van der Waals surface area contributed by atoms with Crippen molar-refractivity contribution in [2.75, 3.05) is 7.11 Å². The molecule has 0 aliphatic heterocycles. The third-order valence-electron chi connectivity index (χ3n) is 2.50. The van der Waals surface area contributed by atoms with Crippen LogP contribution in [-0.4, -0.2) is 7.11 Å². The molecule has 16 heavy (non-hydrogen) atoms. The average Bonchev–Trinajstić information content (AvgIpc) is 2.74. The molecule has 2 aromatic rings. The molecule has 0 atom stereocenters. The van der Waals surface area contributed by atoms with Crippen LogP contribution < -0.4 is 4.74 Å². The second-order valence-electron chi connectivity index (χ2n) is 3.73. The van der Waals surface area contributed by atoms with Crippen LogP contribution in [0.25, 0.3) is 11.3 Å². The van der Waals surface area contributed by atoms with Crippen molar-refractivity contribution in [1.82, 2.24) is 0 Å². The summed E-state index contributed by atoms with van der Waals surface area (Å²) in [6, 6.07) is 12.0. The lowest BCUT2D eigenvalue weighted by atomic mass is 10.1. The number of furan rings is 1. The fourth-order valence-corrected chi connectivity index (χ4v) is 1.73. The minimum atomic E-state index is 0.814. The van der Waals surface area contributed by atoms with Crippen molar-refractivity contribution in [1.29, 1.82) is 0 Å². The number of hydrogen-bond donors (Lipinski definition) is 0. The Morgan fingerprint density at radius 2 is 1.94 bits per heavy atom. The molecule has 0 fully saturated rings. The zero-order chi connectivity index (χ0) is 11.4. The van der Waals surface area contributed by atoms with Gasteiger partial charge in [0.15, 0.2) is 11.5 Å². The zero-order valence-corrected chi connectivity index (χ0v) is 9.69. The third kappa shape index (κ3) is 2.11. The minimum absolute atomic E-state index is 0.814. The Balaban J connectivity index is 2.39. The Labute approximate surface area is 95.9 Å². The summed E-state index contributed by atoms with van der Waals surface area (Å²) in [5.74, 6) is 2.62. The van der Waals surface area contributed by atoms with Crippen LogP contribution in [0.5, 0.6) is 5.75 Å². The first-order chi connectivity index (χ1) is 7.85. The lowest BCUT2D eigenvalue weighted by molar-refractivity contribution is 0.409. The van der Waals surface area contributed by atoms with Crippen LogP contribution >= 0.6 is 0 Å². The predicted octanol–water partition coefficient (Wildman–Crippen LogP) is 3.91. The number of benzene rings is 1. The zero-order valence-electron chi connectivity index (χ0n) is 9.69. The fraction of sp³-hybridized carbons (Fsp3) is 0.286. The third-order valence-corrected chi connectivity index (χ3v) is 2.50. The molecular weight excluding hydrogens is 200 g/mol.